The normalized spacial score (nSPS) is 18.1. The minimum Gasteiger partial charge on any atom is -0.496 e. The highest BCUT2D eigenvalue weighted by Crippen LogP contribution is 2.36. The summed E-state index contributed by atoms with van der Waals surface area (Å²) in [7, 11) is 1.61. The molecule has 28 heavy (non-hydrogen) atoms. The summed E-state index contributed by atoms with van der Waals surface area (Å²) < 4.78 is 19.4. The molecular weight excluding hydrogens is 355 g/mol. The smallest absolute Gasteiger partial charge is 0.138 e. The second kappa shape index (κ2) is 7.04. The number of ether oxygens (including phenoxy) is 1. The van der Waals surface area contributed by atoms with Crippen molar-refractivity contribution in [1.29, 1.82) is 0 Å². The summed E-state index contributed by atoms with van der Waals surface area (Å²) in [5.74, 6) is 0.371. The Kier molecular flexibility index (Phi) is 4.37. The molecule has 0 aliphatic carbocycles. The van der Waals surface area contributed by atoms with Crippen molar-refractivity contribution in [3.63, 3.8) is 0 Å². The Balaban J connectivity index is 1.52. The van der Waals surface area contributed by atoms with E-state index in [9.17, 15) is 4.39 Å². The fourth-order valence-corrected chi connectivity index (χ4v) is 4.12. The van der Waals surface area contributed by atoms with Crippen LogP contribution < -0.4 is 10.1 Å². The standard InChI is InChI=1S/C22H23FN4O/c1-28-21-3-2-15(23)10-18(21)17-4-7-25-22-19(17)11-20(26-22)14-5-8-27(9-6-14)16-12-24-13-16/h2-5,7,10-11,16,24H,6,8-9,12-13H2,1H3,(H,25,26). The van der Waals surface area contributed by atoms with Gasteiger partial charge in [-0.15, -0.1) is 0 Å². The Morgan fingerprint density at radius 1 is 1.18 bits per heavy atom. The summed E-state index contributed by atoms with van der Waals surface area (Å²) in [5, 5.41) is 4.32. The lowest BCUT2D eigenvalue weighted by molar-refractivity contribution is 0.160. The van der Waals surface area contributed by atoms with Gasteiger partial charge in [-0.05, 0) is 47.9 Å². The van der Waals surface area contributed by atoms with Crippen molar-refractivity contribution in [2.45, 2.75) is 12.5 Å². The van der Waals surface area contributed by atoms with Crippen molar-refractivity contribution in [2.75, 3.05) is 33.3 Å². The maximum absolute atomic E-state index is 13.9. The molecule has 6 heteroatoms. The van der Waals surface area contributed by atoms with Crippen molar-refractivity contribution in [1.82, 2.24) is 20.2 Å². The molecule has 0 spiro atoms. The van der Waals surface area contributed by atoms with Gasteiger partial charge in [0.25, 0.3) is 0 Å². The average Bonchev–Trinajstić information content (AvgIpc) is 3.11. The van der Waals surface area contributed by atoms with Crippen molar-refractivity contribution < 1.29 is 9.13 Å². The number of halogens is 1. The van der Waals surface area contributed by atoms with Gasteiger partial charge in [0.2, 0.25) is 0 Å². The van der Waals surface area contributed by atoms with Crippen LogP contribution in [-0.4, -0.2) is 54.2 Å². The van der Waals surface area contributed by atoms with Crippen LogP contribution in [0.2, 0.25) is 0 Å². The van der Waals surface area contributed by atoms with E-state index in [0.29, 0.717) is 11.8 Å². The van der Waals surface area contributed by atoms with Crippen LogP contribution in [0.15, 0.2) is 42.6 Å². The summed E-state index contributed by atoms with van der Waals surface area (Å²) in [6.45, 7) is 4.25. The molecule has 5 rings (SSSR count). The molecule has 0 atom stereocenters. The van der Waals surface area contributed by atoms with Gasteiger partial charge >= 0.3 is 0 Å². The molecule has 144 valence electrons. The molecule has 1 saturated heterocycles. The first-order chi connectivity index (χ1) is 13.7. The van der Waals surface area contributed by atoms with Crippen LogP contribution in [0.25, 0.3) is 27.7 Å². The maximum Gasteiger partial charge on any atom is 0.138 e. The first-order valence-electron chi connectivity index (χ1n) is 9.69. The number of nitrogens with one attached hydrogen (secondary N) is 2. The molecule has 0 radical (unpaired) electrons. The fourth-order valence-electron chi connectivity index (χ4n) is 4.12. The maximum atomic E-state index is 13.9. The molecule has 0 unspecified atom stereocenters. The number of H-pyrrole nitrogens is 1. The van der Waals surface area contributed by atoms with Crippen LogP contribution in [0.4, 0.5) is 4.39 Å². The minimum absolute atomic E-state index is 0.280. The third kappa shape index (κ3) is 2.99. The predicted molar refractivity (Wildman–Crippen MR) is 109 cm³/mol. The number of benzene rings is 1. The van der Waals surface area contributed by atoms with Crippen molar-refractivity contribution in [3.8, 4) is 16.9 Å². The second-order valence-electron chi connectivity index (χ2n) is 7.43. The summed E-state index contributed by atoms with van der Waals surface area (Å²) in [6.07, 6.45) is 5.08. The van der Waals surface area contributed by atoms with Crippen molar-refractivity contribution in [3.05, 3.63) is 54.1 Å². The van der Waals surface area contributed by atoms with Crippen LogP contribution in [0.3, 0.4) is 0 Å². The lowest BCUT2D eigenvalue weighted by Crippen LogP contribution is -2.57. The molecule has 2 aliphatic rings. The number of hydrogen-bond donors (Lipinski definition) is 2. The van der Waals surface area contributed by atoms with Crippen molar-refractivity contribution >= 4 is 16.6 Å². The molecule has 1 fully saturated rings. The largest absolute Gasteiger partial charge is 0.496 e. The quantitative estimate of drug-likeness (QED) is 0.730. The number of rotatable bonds is 4. The van der Waals surface area contributed by atoms with Gasteiger partial charge in [-0.2, -0.15) is 0 Å². The van der Waals surface area contributed by atoms with Crippen LogP contribution in [0.1, 0.15) is 12.1 Å². The number of methoxy groups -OCH3 is 1. The predicted octanol–water partition coefficient (Wildman–Crippen LogP) is 3.44. The van der Waals surface area contributed by atoms with Gasteiger partial charge in [-0.25, -0.2) is 9.37 Å². The highest BCUT2D eigenvalue weighted by Gasteiger charge is 2.26. The van der Waals surface area contributed by atoms with Gasteiger partial charge in [0.05, 0.1) is 7.11 Å². The number of aromatic nitrogens is 2. The van der Waals surface area contributed by atoms with Gasteiger partial charge in [0.15, 0.2) is 0 Å². The third-order valence-corrected chi connectivity index (χ3v) is 5.85. The van der Waals surface area contributed by atoms with Gasteiger partial charge in [-0.1, -0.05) is 6.08 Å². The summed E-state index contributed by atoms with van der Waals surface area (Å²) in [4.78, 5) is 10.5. The Labute approximate surface area is 163 Å². The monoisotopic (exact) mass is 378 g/mol. The molecule has 3 aromatic rings. The summed E-state index contributed by atoms with van der Waals surface area (Å²) in [5.41, 5.74) is 4.88. The second-order valence-corrected chi connectivity index (χ2v) is 7.43. The van der Waals surface area contributed by atoms with Crippen LogP contribution in [-0.2, 0) is 0 Å². The number of fused-ring (bicyclic) bond motifs is 1. The molecule has 0 saturated carbocycles. The van der Waals surface area contributed by atoms with Crippen LogP contribution in [0.5, 0.6) is 5.75 Å². The number of pyridine rings is 1. The third-order valence-electron chi connectivity index (χ3n) is 5.85. The zero-order chi connectivity index (χ0) is 19.1. The Morgan fingerprint density at radius 2 is 2.07 bits per heavy atom. The molecule has 0 bridgehead atoms. The number of aromatic amines is 1. The van der Waals surface area contributed by atoms with Crippen LogP contribution >= 0.6 is 0 Å². The minimum atomic E-state index is -0.280. The summed E-state index contributed by atoms with van der Waals surface area (Å²) in [6, 6.07) is 9.32. The van der Waals surface area contributed by atoms with Gasteiger partial charge in [0, 0.05) is 55.1 Å². The Hall–Kier alpha value is -2.70. The number of hydrogen-bond acceptors (Lipinski definition) is 4. The lowest BCUT2D eigenvalue weighted by atomic mass is 10.00. The fraction of sp³-hybridized carbons (Fsp3) is 0.318. The van der Waals surface area contributed by atoms with Gasteiger partial charge in [-0.3, -0.25) is 4.90 Å². The van der Waals surface area contributed by atoms with E-state index < -0.39 is 0 Å². The molecule has 2 N–H and O–H groups in total. The molecule has 4 heterocycles. The Morgan fingerprint density at radius 3 is 2.79 bits per heavy atom. The van der Waals surface area contributed by atoms with E-state index in [2.05, 4.69) is 32.3 Å². The lowest BCUT2D eigenvalue weighted by Gasteiger charge is -2.39. The summed E-state index contributed by atoms with van der Waals surface area (Å²) >= 11 is 0. The zero-order valence-electron chi connectivity index (χ0n) is 15.8. The molecule has 2 aromatic heterocycles. The van der Waals surface area contributed by atoms with E-state index >= 15 is 0 Å². The molecule has 0 amide bonds. The molecule has 1 aromatic carbocycles. The van der Waals surface area contributed by atoms with E-state index in [1.165, 1.54) is 17.7 Å². The van der Waals surface area contributed by atoms with Crippen LogP contribution in [0, 0.1) is 5.82 Å². The van der Waals surface area contributed by atoms with E-state index in [1.807, 2.05) is 6.07 Å². The SMILES string of the molecule is COc1ccc(F)cc1-c1ccnc2[nH]c(C3=CCN(C4CNC4)CC3)cc12. The van der Waals surface area contributed by atoms with E-state index in [4.69, 9.17) is 4.74 Å². The molecule has 5 nitrogen and oxygen atoms in total. The van der Waals surface area contributed by atoms with Gasteiger partial charge in [0.1, 0.15) is 17.2 Å². The molecule has 2 aliphatic heterocycles. The molecular formula is C22H23FN4O. The average molecular weight is 378 g/mol. The first kappa shape index (κ1) is 17.4. The zero-order valence-corrected chi connectivity index (χ0v) is 15.8. The van der Waals surface area contributed by atoms with Gasteiger partial charge < -0.3 is 15.0 Å². The topological polar surface area (TPSA) is 53.2 Å². The first-order valence-corrected chi connectivity index (χ1v) is 9.69. The van der Waals surface area contributed by atoms with E-state index in [0.717, 1.165) is 60.5 Å². The Bertz CT molecular complexity index is 1050. The highest BCUT2D eigenvalue weighted by molar-refractivity contribution is 5.96. The highest BCUT2D eigenvalue weighted by atomic mass is 19.1. The van der Waals surface area contributed by atoms with E-state index in [1.54, 1.807) is 19.4 Å². The van der Waals surface area contributed by atoms with Crippen molar-refractivity contribution in [2.24, 2.45) is 0 Å². The number of nitrogens with zero attached hydrogens (tertiary/aromatic N) is 2. The van der Waals surface area contributed by atoms with E-state index in [-0.39, 0.29) is 5.82 Å².